The molecule has 5 nitrogen and oxygen atoms in total. The van der Waals surface area contributed by atoms with Crippen molar-refractivity contribution >= 4 is 75.0 Å². The van der Waals surface area contributed by atoms with Crippen LogP contribution in [0.2, 0.25) is 0 Å². The SMILES string of the molecule is Cc1ccc(N(c2ccc(C=C3SC(=S)N(CC(=O)O)C3=O)cc2)c2ccc(C=C(c3ccccc3)c3ccccc3)cc2)c(C)c1. The summed E-state index contributed by atoms with van der Waals surface area (Å²) in [5.74, 6) is -1.49. The van der Waals surface area contributed by atoms with Crippen molar-refractivity contribution in [3.63, 3.8) is 0 Å². The fourth-order valence-corrected chi connectivity index (χ4v) is 6.84. The largest absolute Gasteiger partial charge is 0.480 e. The van der Waals surface area contributed by atoms with Crippen LogP contribution in [0.3, 0.4) is 0 Å². The van der Waals surface area contributed by atoms with Crippen LogP contribution in [0, 0.1) is 13.8 Å². The van der Waals surface area contributed by atoms with E-state index in [1.807, 2.05) is 36.4 Å². The van der Waals surface area contributed by atoms with Crippen LogP contribution >= 0.6 is 24.0 Å². The number of aryl methyl sites for hydroxylation is 2. The van der Waals surface area contributed by atoms with E-state index in [0.29, 0.717) is 4.91 Å². The summed E-state index contributed by atoms with van der Waals surface area (Å²) >= 11 is 6.37. The number of carboxylic acids is 1. The summed E-state index contributed by atoms with van der Waals surface area (Å²) in [7, 11) is 0. The minimum absolute atomic E-state index is 0.249. The van der Waals surface area contributed by atoms with Gasteiger partial charge in [0.1, 0.15) is 10.9 Å². The summed E-state index contributed by atoms with van der Waals surface area (Å²) in [6.45, 7) is 3.76. The normalized spacial score (nSPS) is 13.6. The minimum atomic E-state index is -1.10. The van der Waals surface area contributed by atoms with Gasteiger partial charge in [-0.15, -0.1) is 0 Å². The molecule has 232 valence electrons. The Bertz CT molecular complexity index is 1960. The van der Waals surface area contributed by atoms with Crippen LogP contribution in [0.4, 0.5) is 17.1 Å². The number of carbonyl (C=O) groups excluding carboxylic acids is 1. The predicted octanol–water partition coefficient (Wildman–Crippen LogP) is 9.65. The van der Waals surface area contributed by atoms with Crippen LogP contribution < -0.4 is 4.90 Å². The second-order valence-corrected chi connectivity index (χ2v) is 12.9. The smallest absolute Gasteiger partial charge is 0.323 e. The van der Waals surface area contributed by atoms with Crippen LogP contribution in [0.15, 0.2) is 132 Å². The first-order valence-electron chi connectivity index (χ1n) is 15.1. The molecule has 0 radical (unpaired) electrons. The number of anilines is 3. The molecule has 0 aromatic heterocycles. The Labute approximate surface area is 284 Å². The van der Waals surface area contributed by atoms with Crippen LogP contribution in [-0.4, -0.2) is 32.7 Å². The zero-order valence-electron chi connectivity index (χ0n) is 26.0. The van der Waals surface area contributed by atoms with Crippen molar-refractivity contribution in [2.75, 3.05) is 11.4 Å². The summed E-state index contributed by atoms with van der Waals surface area (Å²) in [5, 5.41) is 9.15. The molecule has 7 heteroatoms. The topological polar surface area (TPSA) is 60.9 Å². The van der Waals surface area contributed by atoms with Crippen molar-refractivity contribution in [2.45, 2.75) is 13.8 Å². The van der Waals surface area contributed by atoms with E-state index >= 15 is 0 Å². The second-order valence-electron chi connectivity index (χ2n) is 11.3. The highest BCUT2D eigenvalue weighted by Gasteiger charge is 2.33. The van der Waals surface area contributed by atoms with Crippen LogP contribution in [0.25, 0.3) is 17.7 Å². The third-order valence-corrected chi connectivity index (χ3v) is 9.22. The Morgan fingerprint density at radius 1 is 0.787 bits per heavy atom. The Morgan fingerprint density at radius 2 is 1.34 bits per heavy atom. The van der Waals surface area contributed by atoms with E-state index in [4.69, 9.17) is 17.3 Å². The van der Waals surface area contributed by atoms with E-state index in [-0.39, 0.29) is 10.2 Å². The molecule has 5 aromatic rings. The Hall–Kier alpha value is -5.24. The van der Waals surface area contributed by atoms with Gasteiger partial charge in [-0.2, -0.15) is 0 Å². The maximum atomic E-state index is 12.8. The van der Waals surface area contributed by atoms with E-state index in [1.54, 1.807) is 6.08 Å². The van der Waals surface area contributed by atoms with Gasteiger partial charge in [0, 0.05) is 17.1 Å². The van der Waals surface area contributed by atoms with Crippen LogP contribution in [0.1, 0.15) is 33.4 Å². The summed E-state index contributed by atoms with van der Waals surface area (Å²) in [4.78, 5) is 27.7. The zero-order chi connectivity index (χ0) is 32.9. The van der Waals surface area contributed by atoms with Gasteiger partial charge in [0.2, 0.25) is 0 Å². The molecule has 1 saturated heterocycles. The summed E-state index contributed by atoms with van der Waals surface area (Å²) in [6.07, 6.45) is 3.98. The highest BCUT2D eigenvalue weighted by Crippen LogP contribution is 2.38. The molecule has 1 N–H and O–H groups in total. The average molecular weight is 653 g/mol. The number of hydrogen-bond donors (Lipinski definition) is 1. The number of carbonyl (C=O) groups is 2. The van der Waals surface area contributed by atoms with Gasteiger partial charge < -0.3 is 10.0 Å². The number of thioether (sulfide) groups is 1. The monoisotopic (exact) mass is 652 g/mol. The van der Waals surface area contributed by atoms with E-state index in [9.17, 15) is 9.59 Å². The number of benzene rings is 5. The van der Waals surface area contributed by atoms with Gasteiger partial charge in [0.25, 0.3) is 5.91 Å². The van der Waals surface area contributed by atoms with Gasteiger partial charge in [-0.3, -0.25) is 14.5 Å². The van der Waals surface area contributed by atoms with Crippen molar-refractivity contribution in [1.29, 1.82) is 0 Å². The first-order chi connectivity index (χ1) is 22.8. The number of amides is 1. The minimum Gasteiger partial charge on any atom is -0.480 e. The number of rotatable bonds is 9. The molecule has 0 atom stereocenters. The van der Waals surface area contributed by atoms with Gasteiger partial charge in [-0.25, -0.2) is 0 Å². The van der Waals surface area contributed by atoms with Gasteiger partial charge in [-0.05, 0) is 89.7 Å². The molecular weight excluding hydrogens is 621 g/mol. The standard InChI is InChI=1S/C40H32N2O3S2/c1-27-13-22-36(28(2)23-27)42(34-20-16-30(17-21-34)25-37-39(45)41(26-38(43)44)40(46)47-37)33-18-14-29(15-19-33)24-35(31-9-5-3-6-10-31)32-11-7-4-8-12-32/h3-25H,26H2,1-2H3,(H,43,44). The number of aliphatic carboxylic acids is 1. The molecule has 0 aliphatic carbocycles. The van der Waals surface area contributed by atoms with Crippen molar-refractivity contribution in [3.05, 3.63) is 166 Å². The van der Waals surface area contributed by atoms with Gasteiger partial charge in [0.15, 0.2) is 0 Å². The molecule has 0 unspecified atom stereocenters. The quantitative estimate of drug-likeness (QED) is 0.0972. The third-order valence-electron chi connectivity index (χ3n) is 7.84. The number of hydrogen-bond acceptors (Lipinski definition) is 5. The summed E-state index contributed by atoms with van der Waals surface area (Å²) < 4.78 is 0.249. The molecule has 1 amide bonds. The molecule has 47 heavy (non-hydrogen) atoms. The molecular formula is C40H32N2O3S2. The predicted molar refractivity (Wildman–Crippen MR) is 198 cm³/mol. The van der Waals surface area contributed by atoms with E-state index in [1.165, 1.54) is 5.56 Å². The average Bonchev–Trinajstić information content (AvgIpc) is 3.33. The lowest BCUT2D eigenvalue weighted by Crippen LogP contribution is -2.33. The molecule has 0 bridgehead atoms. The molecule has 1 aliphatic heterocycles. The molecule has 0 saturated carbocycles. The van der Waals surface area contributed by atoms with E-state index in [0.717, 1.165) is 67.1 Å². The fraction of sp³-hybridized carbons (Fsp3) is 0.0750. The third kappa shape index (κ3) is 7.27. The Morgan fingerprint density at radius 3 is 1.87 bits per heavy atom. The lowest BCUT2D eigenvalue weighted by molar-refractivity contribution is -0.140. The summed E-state index contributed by atoms with van der Waals surface area (Å²) in [5.41, 5.74) is 10.8. The lowest BCUT2D eigenvalue weighted by atomic mass is 9.95. The highest BCUT2D eigenvalue weighted by atomic mass is 32.2. The van der Waals surface area contributed by atoms with Crippen molar-refractivity contribution in [2.24, 2.45) is 0 Å². The number of nitrogens with zero attached hydrogens (tertiary/aromatic N) is 2. The van der Waals surface area contributed by atoms with Crippen LogP contribution in [-0.2, 0) is 9.59 Å². The molecule has 0 spiro atoms. The van der Waals surface area contributed by atoms with E-state index in [2.05, 4.69) is 116 Å². The Kier molecular flexibility index (Phi) is 9.47. The fourth-order valence-electron chi connectivity index (χ4n) is 5.58. The molecule has 5 aromatic carbocycles. The second kappa shape index (κ2) is 14.0. The van der Waals surface area contributed by atoms with Gasteiger partial charge >= 0.3 is 5.97 Å². The van der Waals surface area contributed by atoms with Crippen LogP contribution in [0.5, 0.6) is 0 Å². The van der Waals surface area contributed by atoms with E-state index < -0.39 is 12.5 Å². The van der Waals surface area contributed by atoms with Crippen molar-refractivity contribution < 1.29 is 14.7 Å². The number of carboxylic acid groups (broad SMARTS) is 1. The molecule has 1 aliphatic rings. The van der Waals surface area contributed by atoms with Gasteiger partial charge in [-0.1, -0.05) is 127 Å². The molecule has 1 fully saturated rings. The lowest BCUT2D eigenvalue weighted by Gasteiger charge is -2.27. The maximum absolute atomic E-state index is 12.8. The molecule has 6 rings (SSSR count). The first-order valence-corrected chi connectivity index (χ1v) is 16.4. The molecule has 1 heterocycles. The Balaban J connectivity index is 1.34. The van der Waals surface area contributed by atoms with Gasteiger partial charge in [0.05, 0.1) is 4.91 Å². The zero-order valence-corrected chi connectivity index (χ0v) is 27.6. The highest BCUT2D eigenvalue weighted by molar-refractivity contribution is 8.26. The first kappa shape index (κ1) is 31.7. The number of thiocarbonyl (C=S) groups is 1. The van der Waals surface area contributed by atoms with Crippen molar-refractivity contribution in [3.8, 4) is 0 Å². The van der Waals surface area contributed by atoms with Crippen molar-refractivity contribution in [1.82, 2.24) is 4.90 Å². The summed E-state index contributed by atoms with van der Waals surface area (Å²) in [6, 6.07) is 43.8. The maximum Gasteiger partial charge on any atom is 0.323 e.